The molecule has 0 radical (unpaired) electrons. The van der Waals surface area contributed by atoms with E-state index in [4.69, 9.17) is 4.74 Å². The largest absolute Gasteiger partial charge is 0.383 e. The first-order valence-corrected chi connectivity index (χ1v) is 6.33. The monoisotopic (exact) mass is 267 g/mol. The molecule has 3 N–H and O–H groups in total. The fourth-order valence-corrected chi connectivity index (χ4v) is 1.38. The van der Waals surface area contributed by atoms with E-state index in [2.05, 4.69) is 26.1 Å². The van der Waals surface area contributed by atoms with Crippen molar-refractivity contribution >= 4 is 11.7 Å². The van der Waals surface area contributed by atoms with Crippen molar-refractivity contribution in [3.63, 3.8) is 0 Å². The first kappa shape index (κ1) is 15.3. The van der Waals surface area contributed by atoms with Crippen LogP contribution in [0, 0.1) is 0 Å². The minimum Gasteiger partial charge on any atom is -0.383 e. The molecule has 0 fully saturated rings. The Morgan fingerprint density at radius 2 is 2.11 bits per heavy atom. The Labute approximate surface area is 113 Å². The Morgan fingerprint density at radius 1 is 1.26 bits per heavy atom. The third kappa shape index (κ3) is 6.12. The minimum absolute atomic E-state index is 0.206. The zero-order valence-corrected chi connectivity index (χ0v) is 11.4. The summed E-state index contributed by atoms with van der Waals surface area (Å²) < 4.78 is 4.92. The summed E-state index contributed by atoms with van der Waals surface area (Å²) in [5, 5.41) is 16.8. The molecule has 0 saturated heterocycles. The maximum absolute atomic E-state index is 11.5. The van der Waals surface area contributed by atoms with Gasteiger partial charge in [-0.15, -0.1) is 10.2 Å². The van der Waals surface area contributed by atoms with Crippen molar-refractivity contribution in [1.82, 2.24) is 20.8 Å². The first-order chi connectivity index (χ1) is 9.27. The van der Waals surface area contributed by atoms with Gasteiger partial charge in [0.05, 0.1) is 6.61 Å². The highest BCUT2D eigenvalue weighted by Crippen LogP contribution is 2.01. The summed E-state index contributed by atoms with van der Waals surface area (Å²) in [6, 6.07) is 3.39. The van der Waals surface area contributed by atoms with Gasteiger partial charge in [-0.05, 0) is 19.1 Å². The molecular weight excluding hydrogens is 246 g/mol. The van der Waals surface area contributed by atoms with Crippen LogP contribution in [0.25, 0.3) is 0 Å². The molecule has 7 heteroatoms. The number of hydrogen-bond donors (Lipinski definition) is 3. The van der Waals surface area contributed by atoms with Crippen LogP contribution in [-0.2, 0) is 4.74 Å². The number of amides is 1. The fourth-order valence-electron chi connectivity index (χ4n) is 1.38. The van der Waals surface area contributed by atoms with Crippen molar-refractivity contribution in [2.75, 3.05) is 45.2 Å². The molecule has 0 spiro atoms. The molecule has 0 saturated carbocycles. The molecule has 0 bridgehead atoms. The fraction of sp³-hybridized carbons (Fsp3) is 0.583. The predicted octanol–water partition coefficient (Wildman–Crippen LogP) is -0.126. The van der Waals surface area contributed by atoms with Gasteiger partial charge < -0.3 is 20.7 Å². The van der Waals surface area contributed by atoms with Gasteiger partial charge in [0.2, 0.25) is 0 Å². The molecule has 0 atom stereocenters. The van der Waals surface area contributed by atoms with Crippen molar-refractivity contribution in [3.05, 3.63) is 17.8 Å². The summed E-state index contributed by atoms with van der Waals surface area (Å²) in [7, 11) is 1.67. The van der Waals surface area contributed by atoms with Crippen LogP contribution >= 0.6 is 0 Å². The molecule has 106 valence electrons. The van der Waals surface area contributed by atoms with E-state index < -0.39 is 0 Å². The zero-order valence-electron chi connectivity index (χ0n) is 11.4. The van der Waals surface area contributed by atoms with E-state index in [1.807, 2.05) is 6.92 Å². The van der Waals surface area contributed by atoms with Crippen molar-refractivity contribution in [2.24, 2.45) is 0 Å². The topological polar surface area (TPSA) is 88.2 Å². The van der Waals surface area contributed by atoms with Crippen LogP contribution in [0.1, 0.15) is 17.4 Å². The van der Waals surface area contributed by atoms with Gasteiger partial charge in [0.1, 0.15) is 5.82 Å². The molecule has 1 aromatic heterocycles. The van der Waals surface area contributed by atoms with Crippen LogP contribution in [-0.4, -0.2) is 56.0 Å². The van der Waals surface area contributed by atoms with E-state index in [0.29, 0.717) is 24.7 Å². The van der Waals surface area contributed by atoms with E-state index in [-0.39, 0.29) is 5.91 Å². The number of carbonyl (C=O) groups is 1. The Morgan fingerprint density at radius 3 is 2.74 bits per heavy atom. The quantitative estimate of drug-likeness (QED) is 0.540. The van der Waals surface area contributed by atoms with Gasteiger partial charge >= 0.3 is 0 Å². The third-order valence-electron chi connectivity index (χ3n) is 2.33. The van der Waals surface area contributed by atoms with E-state index >= 15 is 0 Å². The molecule has 1 heterocycles. The van der Waals surface area contributed by atoms with Gasteiger partial charge in [-0.2, -0.15) is 0 Å². The number of methoxy groups -OCH3 is 1. The number of anilines is 1. The van der Waals surface area contributed by atoms with Crippen molar-refractivity contribution in [3.8, 4) is 0 Å². The van der Waals surface area contributed by atoms with Crippen molar-refractivity contribution in [1.29, 1.82) is 0 Å². The molecule has 19 heavy (non-hydrogen) atoms. The lowest BCUT2D eigenvalue weighted by atomic mass is 10.3. The van der Waals surface area contributed by atoms with Gasteiger partial charge in [0.15, 0.2) is 5.69 Å². The van der Waals surface area contributed by atoms with Crippen LogP contribution in [0.4, 0.5) is 5.82 Å². The molecule has 0 unspecified atom stereocenters. The summed E-state index contributed by atoms with van der Waals surface area (Å²) in [6.45, 7) is 5.49. The van der Waals surface area contributed by atoms with Crippen LogP contribution in [0.2, 0.25) is 0 Å². The molecule has 7 nitrogen and oxygen atoms in total. The molecule has 0 aliphatic carbocycles. The number of nitrogens with zero attached hydrogens (tertiary/aromatic N) is 2. The van der Waals surface area contributed by atoms with E-state index in [9.17, 15) is 4.79 Å². The first-order valence-electron chi connectivity index (χ1n) is 6.33. The molecule has 0 aliphatic rings. The summed E-state index contributed by atoms with van der Waals surface area (Å²) in [5.74, 6) is 0.448. The summed E-state index contributed by atoms with van der Waals surface area (Å²) in [4.78, 5) is 11.5. The second-order valence-corrected chi connectivity index (χ2v) is 3.83. The van der Waals surface area contributed by atoms with Crippen LogP contribution in [0.5, 0.6) is 0 Å². The highest BCUT2D eigenvalue weighted by molar-refractivity contribution is 5.92. The lowest BCUT2D eigenvalue weighted by Gasteiger charge is -2.06. The van der Waals surface area contributed by atoms with Gasteiger partial charge in [0, 0.05) is 33.3 Å². The van der Waals surface area contributed by atoms with Gasteiger partial charge in [0.25, 0.3) is 5.91 Å². The molecular formula is C12H21N5O2. The Bertz CT molecular complexity index is 369. The highest BCUT2D eigenvalue weighted by atomic mass is 16.5. The van der Waals surface area contributed by atoms with Crippen LogP contribution in [0.3, 0.4) is 0 Å². The maximum atomic E-state index is 11.5. The summed E-state index contributed by atoms with van der Waals surface area (Å²) in [5.41, 5.74) is 0.325. The third-order valence-corrected chi connectivity index (χ3v) is 2.33. The molecule has 0 aromatic carbocycles. The van der Waals surface area contributed by atoms with Crippen molar-refractivity contribution < 1.29 is 9.53 Å². The average molecular weight is 267 g/mol. The number of nitrogens with one attached hydrogen (secondary N) is 3. The van der Waals surface area contributed by atoms with Gasteiger partial charge in [-0.1, -0.05) is 0 Å². The SMILES string of the molecule is CCNC(=O)c1ccc(NCCNCCOC)nn1. The number of aromatic nitrogens is 2. The Balaban J connectivity index is 2.26. The second kappa shape index (κ2) is 9.23. The number of rotatable bonds is 9. The average Bonchev–Trinajstić information content (AvgIpc) is 2.43. The lowest BCUT2D eigenvalue weighted by molar-refractivity contribution is 0.0950. The number of ether oxygens (including phenoxy) is 1. The standard InChI is InChI=1S/C12H21N5O2/c1-3-14-12(18)10-4-5-11(17-16-10)15-7-6-13-8-9-19-2/h4-5,13H,3,6-9H2,1-2H3,(H,14,18)(H,15,17). The molecule has 1 rings (SSSR count). The predicted molar refractivity (Wildman–Crippen MR) is 73.3 cm³/mol. The second-order valence-electron chi connectivity index (χ2n) is 3.83. The molecule has 1 aromatic rings. The van der Waals surface area contributed by atoms with E-state index in [1.54, 1.807) is 19.2 Å². The van der Waals surface area contributed by atoms with Crippen LogP contribution < -0.4 is 16.0 Å². The zero-order chi connectivity index (χ0) is 13.9. The summed E-state index contributed by atoms with van der Waals surface area (Å²) >= 11 is 0. The Kier molecular flexibility index (Phi) is 7.45. The normalized spacial score (nSPS) is 10.2. The molecule has 1 amide bonds. The Hall–Kier alpha value is -1.73. The summed E-state index contributed by atoms with van der Waals surface area (Å²) in [6.07, 6.45) is 0. The highest BCUT2D eigenvalue weighted by Gasteiger charge is 2.05. The number of hydrogen-bond acceptors (Lipinski definition) is 6. The smallest absolute Gasteiger partial charge is 0.271 e. The lowest BCUT2D eigenvalue weighted by Crippen LogP contribution is -2.26. The van der Waals surface area contributed by atoms with Gasteiger partial charge in [-0.3, -0.25) is 4.79 Å². The minimum atomic E-state index is -0.206. The number of carbonyl (C=O) groups excluding carboxylic acids is 1. The van der Waals surface area contributed by atoms with Crippen molar-refractivity contribution in [2.45, 2.75) is 6.92 Å². The van der Waals surface area contributed by atoms with E-state index in [0.717, 1.165) is 19.6 Å². The van der Waals surface area contributed by atoms with E-state index in [1.165, 1.54) is 0 Å². The van der Waals surface area contributed by atoms with Gasteiger partial charge in [-0.25, -0.2) is 0 Å². The maximum Gasteiger partial charge on any atom is 0.271 e. The van der Waals surface area contributed by atoms with Crippen LogP contribution in [0.15, 0.2) is 12.1 Å². The molecule has 0 aliphatic heterocycles.